The number of hydrogen-bond donors (Lipinski definition) is 1. The van der Waals surface area contributed by atoms with Crippen molar-refractivity contribution in [2.75, 3.05) is 24.7 Å². The van der Waals surface area contributed by atoms with Crippen LogP contribution in [-0.2, 0) is 9.53 Å². The van der Waals surface area contributed by atoms with Gasteiger partial charge in [0.05, 0.1) is 17.7 Å². The standard InChI is InChI=1S/C24H19F5N4O4/c25-13-3-5-17(16(26)10-13)33-11-15(22(36)31-23(24(27,28)29)7-9-37-12-23)20(35)14-4-6-18(30-21(14)33)32-8-1-2-19(32)34/h3-6,10-11H,1-2,7-9,12H2,(H,31,36). The summed E-state index contributed by atoms with van der Waals surface area (Å²) in [4.78, 5) is 44.2. The maximum absolute atomic E-state index is 14.8. The fourth-order valence-corrected chi connectivity index (χ4v) is 4.50. The van der Waals surface area contributed by atoms with Crippen LogP contribution in [0.25, 0.3) is 16.7 Å². The minimum atomic E-state index is -4.86. The summed E-state index contributed by atoms with van der Waals surface area (Å²) >= 11 is 0. The van der Waals surface area contributed by atoms with Crippen LogP contribution in [0.15, 0.2) is 41.3 Å². The lowest BCUT2D eigenvalue weighted by Crippen LogP contribution is -2.59. The van der Waals surface area contributed by atoms with Gasteiger partial charge in [-0.15, -0.1) is 0 Å². The normalized spacial score (nSPS) is 20.1. The van der Waals surface area contributed by atoms with Crippen LogP contribution in [0.4, 0.5) is 27.8 Å². The first-order valence-corrected chi connectivity index (χ1v) is 11.3. The van der Waals surface area contributed by atoms with Crippen LogP contribution in [0, 0.1) is 11.6 Å². The Bertz CT molecular complexity index is 1480. The van der Waals surface area contributed by atoms with E-state index < -0.39 is 53.3 Å². The molecule has 2 amide bonds. The number of fused-ring (bicyclic) bond motifs is 1. The number of aromatic nitrogens is 2. The van der Waals surface area contributed by atoms with Gasteiger partial charge in [-0.1, -0.05) is 0 Å². The first kappa shape index (κ1) is 24.8. The second-order valence-corrected chi connectivity index (χ2v) is 8.86. The Morgan fingerprint density at radius 2 is 1.92 bits per heavy atom. The number of nitrogens with zero attached hydrogens (tertiary/aromatic N) is 3. The molecule has 0 saturated carbocycles. The van der Waals surface area contributed by atoms with Crippen LogP contribution >= 0.6 is 0 Å². The molecule has 2 aromatic heterocycles. The van der Waals surface area contributed by atoms with Crippen molar-refractivity contribution in [1.82, 2.24) is 14.9 Å². The molecule has 194 valence electrons. The fourth-order valence-electron chi connectivity index (χ4n) is 4.50. The Labute approximate surface area is 205 Å². The first-order chi connectivity index (χ1) is 17.5. The summed E-state index contributed by atoms with van der Waals surface area (Å²) in [7, 11) is 0. The molecule has 0 radical (unpaired) electrons. The molecule has 2 saturated heterocycles. The van der Waals surface area contributed by atoms with E-state index in [9.17, 15) is 36.3 Å². The number of anilines is 1. The highest BCUT2D eigenvalue weighted by Crippen LogP contribution is 2.37. The maximum Gasteiger partial charge on any atom is 0.413 e. The number of alkyl halides is 3. The number of ether oxygens (including phenoxy) is 1. The lowest BCUT2D eigenvalue weighted by molar-refractivity contribution is -0.192. The van der Waals surface area contributed by atoms with Crippen molar-refractivity contribution >= 4 is 28.7 Å². The highest BCUT2D eigenvalue weighted by molar-refractivity contribution is 5.99. The van der Waals surface area contributed by atoms with E-state index in [1.54, 1.807) is 0 Å². The summed E-state index contributed by atoms with van der Waals surface area (Å²) in [6, 6.07) is 5.17. The molecule has 1 N–H and O–H groups in total. The number of carbonyl (C=O) groups excluding carboxylic acids is 2. The number of carbonyl (C=O) groups is 2. The van der Waals surface area contributed by atoms with Gasteiger partial charge in [0.1, 0.15) is 23.0 Å². The Morgan fingerprint density at radius 3 is 2.54 bits per heavy atom. The molecule has 1 unspecified atom stereocenters. The third-order valence-corrected chi connectivity index (χ3v) is 6.52. The molecule has 37 heavy (non-hydrogen) atoms. The van der Waals surface area contributed by atoms with Crippen LogP contribution in [-0.4, -0.2) is 52.8 Å². The minimum absolute atomic E-state index is 0.168. The predicted octanol–water partition coefficient (Wildman–Crippen LogP) is 3.24. The van der Waals surface area contributed by atoms with E-state index in [1.165, 1.54) is 17.0 Å². The molecule has 0 aliphatic carbocycles. The van der Waals surface area contributed by atoms with E-state index in [4.69, 9.17) is 4.74 Å². The number of pyridine rings is 2. The topological polar surface area (TPSA) is 93.5 Å². The lowest BCUT2D eigenvalue weighted by atomic mass is 9.97. The number of rotatable bonds is 4. The summed E-state index contributed by atoms with van der Waals surface area (Å²) in [5, 5.41) is 1.68. The van der Waals surface area contributed by atoms with Gasteiger partial charge in [0.25, 0.3) is 5.91 Å². The predicted molar refractivity (Wildman–Crippen MR) is 121 cm³/mol. The fraction of sp³-hybridized carbons (Fsp3) is 0.333. The van der Waals surface area contributed by atoms with E-state index >= 15 is 0 Å². The monoisotopic (exact) mass is 522 g/mol. The van der Waals surface area contributed by atoms with Gasteiger partial charge < -0.3 is 10.1 Å². The van der Waals surface area contributed by atoms with Gasteiger partial charge in [0.2, 0.25) is 11.3 Å². The molecule has 2 fully saturated rings. The first-order valence-electron chi connectivity index (χ1n) is 11.3. The number of halogens is 5. The summed E-state index contributed by atoms with van der Waals surface area (Å²) in [6.07, 6.45) is -3.68. The van der Waals surface area contributed by atoms with Gasteiger partial charge in [-0.25, -0.2) is 13.8 Å². The summed E-state index contributed by atoms with van der Waals surface area (Å²) in [5.74, 6) is -3.35. The zero-order valence-electron chi connectivity index (χ0n) is 19.1. The van der Waals surface area contributed by atoms with Crippen molar-refractivity contribution in [2.24, 2.45) is 0 Å². The third kappa shape index (κ3) is 4.22. The van der Waals surface area contributed by atoms with Crippen molar-refractivity contribution in [3.63, 3.8) is 0 Å². The van der Waals surface area contributed by atoms with E-state index in [1.807, 2.05) is 5.32 Å². The van der Waals surface area contributed by atoms with Gasteiger partial charge in [-0.2, -0.15) is 13.2 Å². The molecule has 2 aliphatic rings. The quantitative estimate of drug-likeness (QED) is 0.532. The molecule has 13 heteroatoms. The molecule has 1 aromatic carbocycles. The van der Waals surface area contributed by atoms with Crippen LogP contribution < -0.4 is 15.6 Å². The summed E-state index contributed by atoms with van der Waals surface area (Å²) < 4.78 is 75.7. The molecular formula is C24H19F5N4O4. The number of amides is 2. The molecular weight excluding hydrogens is 503 g/mol. The van der Waals surface area contributed by atoms with Gasteiger partial charge in [0.15, 0.2) is 11.2 Å². The van der Waals surface area contributed by atoms with Crippen LogP contribution in [0.1, 0.15) is 29.6 Å². The molecule has 4 heterocycles. The largest absolute Gasteiger partial charge is 0.413 e. The van der Waals surface area contributed by atoms with E-state index in [0.717, 1.165) is 22.9 Å². The zero-order valence-corrected chi connectivity index (χ0v) is 19.1. The van der Waals surface area contributed by atoms with Gasteiger partial charge in [0, 0.05) is 38.3 Å². The van der Waals surface area contributed by atoms with E-state index in [0.29, 0.717) is 25.5 Å². The van der Waals surface area contributed by atoms with Gasteiger partial charge in [-0.05, 0) is 30.7 Å². The van der Waals surface area contributed by atoms with Gasteiger partial charge in [-0.3, -0.25) is 23.9 Å². The Balaban J connectivity index is 1.69. The maximum atomic E-state index is 14.8. The van der Waals surface area contributed by atoms with Crippen molar-refractivity contribution in [2.45, 2.75) is 31.0 Å². The lowest BCUT2D eigenvalue weighted by Gasteiger charge is -2.31. The molecule has 0 spiro atoms. The van der Waals surface area contributed by atoms with Gasteiger partial charge >= 0.3 is 6.18 Å². The number of nitrogens with one attached hydrogen (secondary N) is 1. The Kier molecular flexibility index (Phi) is 5.97. The summed E-state index contributed by atoms with van der Waals surface area (Å²) in [6.45, 7) is -0.704. The third-order valence-electron chi connectivity index (χ3n) is 6.52. The smallest absolute Gasteiger partial charge is 0.379 e. The Hall–Kier alpha value is -3.87. The van der Waals surface area contributed by atoms with E-state index in [2.05, 4.69) is 4.98 Å². The average Bonchev–Trinajstić information content (AvgIpc) is 3.49. The molecule has 5 rings (SSSR count). The van der Waals surface area contributed by atoms with Crippen molar-refractivity contribution < 1.29 is 36.3 Å². The zero-order chi connectivity index (χ0) is 26.5. The second kappa shape index (κ2) is 8.91. The number of benzene rings is 1. The average molecular weight is 522 g/mol. The van der Waals surface area contributed by atoms with E-state index in [-0.39, 0.29) is 35.1 Å². The second-order valence-electron chi connectivity index (χ2n) is 8.86. The van der Waals surface area contributed by atoms with Crippen LogP contribution in [0.5, 0.6) is 0 Å². The molecule has 3 aromatic rings. The highest BCUT2D eigenvalue weighted by atomic mass is 19.4. The minimum Gasteiger partial charge on any atom is -0.379 e. The highest BCUT2D eigenvalue weighted by Gasteiger charge is 2.58. The SMILES string of the molecule is O=C(NC1(C(F)(F)F)CCOC1)c1cn(-c2ccc(F)cc2F)c2nc(N3CCCC3=O)ccc2c1=O. The Morgan fingerprint density at radius 1 is 1.14 bits per heavy atom. The molecule has 2 aliphatic heterocycles. The molecule has 8 nitrogen and oxygen atoms in total. The molecule has 1 atom stereocenters. The summed E-state index contributed by atoms with van der Waals surface area (Å²) in [5.41, 5.74) is -4.84. The molecule has 0 bridgehead atoms. The van der Waals surface area contributed by atoms with Crippen molar-refractivity contribution in [3.05, 3.63) is 63.9 Å². The number of hydrogen-bond acceptors (Lipinski definition) is 5. The van der Waals surface area contributed by atoms with Crippen molar-refractivity contribution in [1.29, 1.82) is 0 Å². The van der Waals surface area contributed by atoms with Crippen molar-refractivity contribution in [3.8, 4) is 5.69 Å². The van der Waals surface area contributed by atoms with Crippen LogP contribution in [0.3, 0.4) is 0 Å². The van der Waals surface area contributed by atoms with Crippen LogP contribution in [0.2, 0.25) is 0 Å².